The molecule has 0 amide bonds. The van der Waals surface area contributed by atoms with Crippen molar-refractivity contribution in [3.8, 4) is 0 Å². The second kappa shape index (κ2) is 3.71. The van der Waals surface area contributed by atoms with Crippen LogP contribution in [0.4, 0.5) is 0 Å². The Morgan fingerprint density at radius 1 is 1.64 bits per heavy atom. The van der Waals surface area contributed by atoms with Gasteiger partial charge in [0.2, 0.25) is 0 Å². The summed E-state index contributed by atoms with van der Waals surface area (Å²) in [6.45, 7) is 0. The van der Waals surface area contributed by atoms with Crippen LogP contribution in [0, 0.1) is 10.8 Å². The normalized spacial score (nSPS) is 29.9. The number of rotatable bonds is 2. The molecule has 1 saturated heterocycles. The third kappa shape index (κ3) is 1.71. The van der Waals surface area contributed by atoms with Gasteiger partial charge in [-0.25, -0.2) is 0 Å². The minimum absolute atomic E-state index is 0.317. The van der Waals surface area contributed by atoms with E-state index in [9.17, 15) is 9.70 Å². The number of nitrogens with zero attached hydrogens (tertiary/aromatic N) is 1. The van der Waals surface area contributed by atoms with Gasteiger partial charge in [-0.05, 0) is 0 Å². The predicted molar refractivity (Wildman–Crippen MR) is 42.4 cm³/mol. The molecule has 0 N–H and O–H groups in total. The molecule has 0 radical (unpaired) electrons. The summed E-state index contributed by atoms with van der Waals surface area (Å²) in [4.78, 5) is 21.1. The van der Waals surface area contributed by atoms with Crippen LogP contribution in [0.1, 0.15) is 0 Å². The van der Waals surface area contributed by atoms with E-state index < -0.39 is 0 Å². The van der Waals surface area contributed by atoms with Gasteiger partial charge in [-0.2, -0.15) is 16.7 Å². The standard InChI is InChI=1S/C6H9NO3S/c1-10-6(8)4-2-11-3-5(4)7-9/h4-5H,2-3H2,1H3. The SMILES string of the molecule is COC(=O)C1CSCC1N=O. The van der Waals surface area contributed by atoms with Crippen molar-refractivity contribution in [3.63, 3.8) is 0 Å². The molecule has 0 aliphatic carbocycles. The molecule has 2 atom stereocenters. The average Bonchev–Trinajstić information content (AvgIpc) is 2.50. The Morgan fingerprint density at radius 3 is 2.91 bits per heavy atom. The van der Waals surface area contributed by atoms with Crippen molar-refractivity contribution < 1.29 is 9.53 Å². The van der Waals surface area contributed by atoms with Crippen molar-refractivity contribution in [2.75, 3.05) is 18.6 Å². The van der Waals surface area contributed by atoms with Crippen LogP contribution in [0.3, 0.4) is 0 Å². The molecule has 11 heavy (non-hydrogen) atoms. The molecule has 5 heteroatoms. The molecule has 0 aromatic heterocycles. The Bertz CT molecular complexity index is 173. The summed E-state index contributed by atoms with van der Waals surface area (Å²) in [6.07, 6.45) is 0. The van der Waals surface area contributed by atoms with Crippen LogP contribution in [0.2, 0.25) is 0 Å². The minimum atomic E-state index is -0.382. The van der Waals surface area contributed by atoms with Crippen LogP contribution in [0.15, 0.2) is 5.18 Å². The molecule has 2 unspecified atom stereocenters. The number of carbonyl (C=O) groups is 1. The number of methoxy groups -OCH3 is 1. The van der Waals surface area contributed by atoms with Gasteiger partial charge >= 0.3 is 5.97 Å². The molecule has 1 fully saturated rings. The second-order valence-electron chi connectivity index (χ2n) is 2.34. The summed E-state index contributed by atoms with van der Waals surface area (Å²) >= 11 is 1.56. The van der Waals surface area contributed by atoms with Gasteiger partial charge in [-0.3, -0.25) is 4.79 Å². The van der Waals surface area contributed by atoms with E-state index in [0.29, 0.717) is 11.5 Å². The molecule has 1 heterocycles. The van der Waals surface area contributed by atoms with Crippen LogP contribution >= 0.6 is 11.8 Å². The summed E-state index contributed by atoms with van der Waals surface area (Å²) in [7, 11) is 1.33. The van der Waals surface area contributed by atoms with Crippen LogP contribution in [-0.2, 0) is 9.53 Å². The van der Waals surface area contributed by atoms with Crippen LogP contribution in [-0.4, -0.2) is 30.6 Å². The molecule has 4 nitrogen and oxygen atoms in total. The van der Waals surface area contributed by atoms with Gasteiger partial charge in [0.05, 0.1) is 13.0 Å². The predicted octanol–water partition coefficient (Wildman–Crippen LogP) is 0.657. The Morgan fingerprint density at radius 2 is 2.36 bits per heavy atom. The van der Waals surface area contributed by atoms with Gasteiger partial charge < -0.3 is 4.74 Å². The van der Waals surface area contributed by atoms with E-state index in [2.05, 4.69) is 9.91 Å². The van der Waals surface area contributed by atoms with Crippen molar-refractivity contribution in [3.05, 3.63) is 4.91 Å². The summed E-state index contributed by atoms with van der Waals surface area (Å²) in [5, 5.41) is 2.87. The highest BCUT2D eigenvalue weighted by molar-refractivity contribution is 7.99. The van der Waals surface area contributed by atoms with Gasteiger partial charge in [0.15, 0.2) is 0 Å². The molecule has 1 rings (SSSR count). The monoisotopic (exact) mass is 175 g/mol. The Balaban J connectivity index is 2.56. The van der Waals surface area contributed by atoms with Gasteiger partial charge in [0.1, 0.15) is 6.04 Å². The van der Waals surface area contributed by atoms with Crippen molar-refractivity contribution in [2.45, 2.75) is 6.04 Å². The highest BCUT2D eigenvalue weighted by atomic mass is 32.2. The zero-order valence-electron chi connectivity index (χ0n) is 6.15. The van der Waals surface area contributed by atoms with Crippen molar-refractivity contribution in [1.29, 1.82) is 0 Å². The van der Waals surface area contributed by atoms with E-state index in [0.717, 1.165) is 0 Å². The fourth-order valence-electron chi connectivity index (χ4n) is 1.02. The Labute approximate surface area is 68.7 Å². The van der Waals surface area contributed by atoms with E-state index in [1.54, 1.807) is 11.8 Å². The van der Waals surface area contributed by atoms with Crippen LogP contribution in [0.25, 0.3) is 0 Å². The van der Waals surface area contributed by atoms with E-state index in [1.807, 2.05) is 0 Å². The zero-order chi connectivity index (χ0) is 8.27. The molecule has 1 aliphatic heterocycles. The highest BCUT2D eigenvalue weighted by Crippen LogP contribution is 2.27. The maximum Gasteiger partial charge on any atom is 0.311 e. The fraction of sp³-hybridized carbons (Fsp3) is 0.833. The van der Waals surface area contributed by atoms with Crippen molar-refractivity contribution >= 4 is 17.7 Å². The Kier molecular flexibility index (Phi) is 2.87. The molecular formula is C6H9NO3S. The fourth-order valence-corrected chi connectivity index (χ4v) is 2.31. The van der Waals surface area contributed by atoms with Gasteiger partial charge in [-0.1, -0.05) is 5.18 Å². The number of esters is 1. The second-order valence-corrected chi connectivity index (χ2v) is 3.41. The number of hydrogen-bond donors (Lipinski definition) is 0. The number of hydrogen-bond acceptors (Lipinski definition) is 5. The number of carbonyl (C=O) groups excluding carboxylic acids is 1. The first-order valence-corrected chi connectivity index (χ1v) is 4.43. The topological polar surface area (TPSA) is 55.7 Å². The zero-order valence-corrected chi connectivity index (χ0v) is 6.97. The summed E-state index contributed by atoms with van der Waals surface area (Å²) < 4.78 is 4.52. The van der Waals surface area contributed by atoms with Gasteiger partial charge in [-0.15, -0.1) is 0 Å². The number of nitroso groups, excluding NO2 is 1. The summed E-state index contributed by atoms with van der Waals surface area (Å²) in [5.41, 5.74) is 0. The maximum atomic E-state index is 10.9. The molecule has 0 aromatic carbocycles. The highest BCUT2D eigenvalue weighted by Gasteiger charge is 2.35. The molecule has 0 saturated carbocycles. The third-order valence-corrected chi connectivity index (χ3v) is 2.86. The van der Waals surface area contributed by atoms with Crippen LogP contribution < -0.4 is 0 Å². The smallest absolute Gasteiger partial charge is 0.311 e. The molecular weight excluding hydrogens is 166 g/mol. The van der Waals surface area contributed by atoms with Crippen molar-refractivity contribution in [2.24, 2.45) is 11.1 Å². The molecule has 0 aromatic rings. The first kappa shape index (κ1) is 8.52. The van der Waals surface area contributed by atoms with E-state index >= 15 is 0 Å². The maximum absolute atomic E-state index is 10.9. The lowest BCUT2D eigenvalue weighted by Gasteiger charge is -2.07. The molecule has 0 bridgehead atoms. The molecule has 0 spiro atoms. The largest absolute Gasteiger partial charge is 0.469 e. The average molecular weight is 175 g/mol. The first-order valence-electron chi connectivity index (χ1n) is 3.27. The lowest BCUT2D eigenvalue weighted by atomic mass is 10.1. The minimum Gasteiger partial charge on any atom is -0.469 e. The van der Waals surface area contributed by atoms with E-state index in [4.69, 9.17) is 0 Å². The van der Waals surface area contributed by atoms with Crippen molar-refractivity contribution in [1.82, 2.24) is 0 Å². The first-order chi connectivity index (χ1) is 5.29. The lowest BCUT2D eigenvalue weighted by Crippen LogP contribution is -2.25. The van der Waals surface area contributed by atoms with Gasteiger partial charge in [0.25, 0.3) is 0 Å². The lowest BCUT2D eigenvalue weighted by molar-refractivity contribution is -0.144. The van der Waals surface area contributed by atoms with Crippen LogP contribution in [0.5, 0.6) is 0 Å². The molecule has 1 aliphatic rings. The summed E-state index contributed by atoms with van der Waals surface area (Å²) in [5.74, 6) is 0.661. The summed E-state index contributed by atoms with van der Waals surface area (Å²) in [6, 6.07) is -0.382. The number of ether oxygens (including phenoxy) is 1. The van der Waals surface area contributed by atoms with E-state index in [-0.39, 0.29) is 17.9 Å². The number of thioether (sulfide) groups is 1. The van der Waals surface area contributed by atoms with Gasteiger partial charge in [0, 0.05) is 11.5 Å². The quantitative estimate of drug-likeness (QED) is 0.457. The van der Waals surface area contributed by atoms with E-state index in [1.165, 1.54) is 7.11 Å². The Hall–Kier alpha value is -0.580. The molecule has 62 valence electrons. The third-order valence-electron chi connectivity index (χ3n) is 1.69.